The molecule has 13 heteroatoms. The van der Waals surface area contributed by atoms with Crippen molar-refractivity contribution in [2.24, 2.45) is 0 Å². The summed E-state index contributed by atoms with van der Waals surface area (Å²) in [6.07, 6.45) is 34.0. The molecule has 0 radical (unpaired) electrons. The van der Waals surface area contributed by atoms with Gasteiger partial charge in [0.15, 0.2) is 6.29 Å². The first-order valence-electron chi connectivity index (χ1n) is 21.5. The molecule has 0 aromatic carbocycles. The number of ether oxygens (including phenoxy) is 4. The van der Waals surface area contributed by atoms with Gasteiger partial charge >= 0.3 is 16.4 Å². The Hall–Kier alpha value is -2.20. The molecule has 0 spiro atoms. The Bertz CT molecular complexity index is 1230. The van der Waals surface area contributed by atoms with Gasteiger partial charge in [-0.1, -0.05) is 145 Å². The molecule has 0 aromatic heterocycles. The lowest BCUT2D eigenvalue weighted by atomic mass is 9.99. The molecule has 0 bridgehead atoms. The molecule has 0 aliphatic carbocycles. The van der Waals surface area contributed by atoms with Crippen molar-refractivity contribution in [1.29, 1.82) is 0 Å². The molecule has 1 saturated heterocycles. The van der Waals surface area contributed by atoms with Gasteiger partial charge in [0.2, 0.25) is 0 Å². The van der Waals surface area contributed by atoms with E-state index < -0.39 is 59.8 Å². The molecule has 1 aliphatic heterocycles. The maximum Gasteiger partial charge on any atom is 0.397 e. The van der Waals surface area contributed by atoms with Crippen molar-refractivity contribution in [2.75, 3.05) is 26.4 Å². The smallest absolute Gasteiger partial charge is 0.397 e. The van der Waals surface area contributed by atoms with Gasteiger partial charge in [0.05, 0.1) is 19.8 Å². The van der Waals surface area contributed by atoms with E-state index in [-0.39, 0.29) is 19.6 Å². The minimum absolute atomic E-state index is 0.0212. The van der Waals surface area contributed by atoms with Crippen molar-refractivity contribution in [3.05, 3.63) is 60.8 Å². The topological polar surface area (TPSA) is 178 Å². The average Bonchev–Trinajstić information content (AvgIpc) is 3.18. The highest BCUT2D eigenvalue weighted by molar-refractivity contribution is 7.80. The fourth-order valence-corrected chi connectivity index (χ4v) is 6.68. The van der Waals surface area contributed by atoms with Crippen molar-refractivity contribution >= 4 is 16.4 Å². The quantitative estimate of drug-likeness (QED) is 0.0205. The number of unbranched alkanes of at least 4 members (excludes halogenated alkanes) is 13. The van der Waals surface area contributed by atoms with E-state index in [9.17, 15) is 28.5 Å². The largest absolute Gasteiger partial charge is 0.457 e. The minimum Gasteiger partial charge on any atom is -0.457 e. The Morgan fingerprint density at radius 3 is 1.75 bits per heavy atom. The molecule has 57 heavy (non-hydrogen) atoms. The molecule has 0 amide bonds. The van der Waals surface area contributed by atoms with E-state index in [0.717, 1.165) is 70.6 Å². The van der Waals surface area contributed by atoms with Crippen LogP contribution in [-0.2, 0) is 38.3 Å². The average molecular weight is 829 g/mol. The van der Waals surface area contributed by atoms with Crippen LogP contribution < -0.4 is 0 Å². The molecule has 1 fully saturated rings. The molecule has 1 aliphatic rings. The van der Waals surface area contributed by atoms with Crippen molar-refractivity contribution < 1.29 is 56.2 Å². The molecule has 6 atom stereocenters. The van der Waals surface area contributed by atoms with E-state index in [1.807, 2.05) is 0 Å². The molecule has 330 valence electrons. The zero-order chi connectivity index (χ0) is 41.8. The summed E-state index contributed by atoms with van der Waals surface area (Å²) in [4.78, 5) is 12.8. The van der Waals surface area contributed by atoms with E-state index in [1.165, 1.54) is 51.4 Å². The van der Waals surface area contributed by atoms with E-state index in [4.69, 9.17) is 23.5 Å². The first kappa shape index (κ1) is 52.8. The lowest BCUT2D eigenvalue weighted by Crippen LogP contribution is -2.60. The van der Waals surface area contributed by atoms with Gasteiger partial charge in [0, 0.05) is 13.0 Å². The number of carbonyl (C=O) groups excluding carboxylic acids is 1. The summed E-state index contributed by atoms with van der Waals surface area (Å²) in [6, 6.07) is 0. The third-order valence-corrected chi connectivity index (χ3v) is 9.87. The second kappa shape index (κ2) is 35.7. The van der Waals surface area contributed by atoms with Gasteiger partial charge in [-0.05, 0) is 57.8 Å². The number of carbonyl (C=O) groups is 1. The number of allylic oxidation sites excluding steroid dienone is 10. The van der Waals surface area contributed by atoms with Gasteiger partial charge in [0.1, 0.15) is 30.5 Å². The predicted molar refractivity (Wildman–Crippen MR) is 225 cm³/mol. The third-order valence-electron chi connectivity index (χ3n) is 9.40. The van der Waals surface area contributed by atoms with Gasteiger partial charge in [-0.25, -0.2) is 4.18 Å². The van der Waals surface area contributed by atoms with Crippen LogP contribution in [-0.4, -0.2) is 97.5 Å². The predicted octanol–water partition coefficient (Wildman–Crippen LogP) is 8.57. The molecule has 1 heterocycles. The van der Waals surface area contributed by atoms with E-state index in [1.54, 1.807) is 0 Å². The summed E-state index contributed by atoms with van der Waals surface area (Å²) in [6.45, 7) is 3.81. The van der Waals surface area contributed by atoms with E-state index in [2.05, 4.69) is 78.8 Å². The van der Waals surface area contributed by atoms with Crippen molar-refractivity contribution in [1.82, 2.24) is 0 Å². The molecule has 0 aromatic rings. The number of aliphatic hydroxyl groups excluding tert-OH is 3. The lowest BCUT2D eigenvalue weighted by Gasteiger charge is -2.41. The summed E-state index contributed by atoms with van der Waals surface area (Å²) in [5.74, 6) is -0.432. The van der Waals surface area contributed by atoms with Gasteiger partial charge in [0.25, 0.3) is 0 Å². The van der Waals surface area contributed by atoms with Crippen LogP contribution in [0.4, 0.5) is 0 Å². The Balaban J connectivity index is 2.48. The van der Waals surface area contributed by atoms with Crippen LogP contribution in [0.3, 0.4) is 0 Å². The summed E-state index contributed by atoms with van der Waals surface area (Å²) < 4.78 is 58.9. The molecule has 6 unspecified atom stereocenters. The Morgan fingerprint density at radius 1 is 0.684 bits per heavy atom. The van der Waals surface area contributed by atoms with Crippen LogP contribution in [0.1, 0.15) is 149 Å². The van der Waals surface area contributed by atoms with Gasteiger partial charge in [-0.15, -0.1) is 0 Å². The fourth-order valence-electron chi connectivity index (χ4n) is 6.17. The normalized spacial score (nSPS) is 21.3. The summed E-state index contributed by atoms with van der Waals surface area (Å²) in [5.41, 5.74) is 0. The van der Waals surface area contributed by atoms with Gasteiger partial charge in [-0.2, -0.15) is 8.42 Å². The number of hydrogen-bond acceptors (Lipinski definition) is 11. The second-order valence-electron chi connectivity index (χ2n) is 14.6. The van der Waals surface area contributed by atoms with Crippen molar-refractivity contribution in [3.63, 3.8) is 0 Å². The highest BCUT2D eigenvalue weighted by Gasteiger charge is 2.48. The monoisotopic (exact) mass is 829 g/mol. The number of aliphatic hydroxyl groups is 3. The van der Waals surface area contributed by atoms with Crippen molar-refractivity contribution in [3.8, 4) is 0 Å². The first-order valence-corrected chi connectivity index (χ1v) is 22.9. The molecule has 12 nitrogen and oxygen atoms in total. The minimum atomic E-state index is -5.06. The molecule has 4 N–H and O–H groups in total. The van der Waals surface area contributed by atoms with Gasteiger partial charge in [-0.3, -0.25) is 9.35 Å². The van der Waals surface area contributed by atoms with E-state index >= 15 is 0 Å². The zero-order valence-corrected chi connectivity index (χ0v) is 35.7. The fraction of sp³-hybridized carbons (Fsp3) is 0.750. The van der Waals surface area contributed by atoms with E-state index in [0.29, 0.717) is 13.0 Å². The van der Waals surface area contributed by atoms with Crippen LogP contribution in [0.25, 0.3) is 0 Å². The SMILES string of the molecule is CC/C=C\C/C=C\C/C=C\C/C=C\C/C=C\CCCCCC(=O)OC(COCCCCCCCCCCCCC)COC1OC(CO)C(O)C(OS(=O)(=O)O)C1O. The number of rotatable bonds is 36. The van der Waals surface area contributed by atoms with Gasteiger partial charge < -0.3 is 34.3 Å². The summed E-state index contributed by atoms with van der Waals surface area (Å²) in [7, 11) is -5.06. The van der Waals surface area contributed by atoms with Crippen LogP contribution in [0, 0.1) is 0 Å². The Labute approximate surface area is 344 Å². The highest BCUT2D eigenvalue weighted by atomic mass is 32.3. The van der Waals surface area contributed by atoms with Crippen LogP contribution >= 0.6 is 0 Å². The van der Waals surface area contributed by atoms with Crippen LogP contribution in [0.2, 0.25) is 0 Å². The maximum atomic E-state index is 12.8. The Morgan fingerprint density at radius 2 is 1.21 bits per heavy atom. The van der Waals surface area contributed by atoms with Crippen LogP contribution in [0.15, 0.2) is 60.8 Å². The second-order valence-corrected chi connectivity index (χ2v) is 15.6. The highest BCUT2D eigenvalue weighted by Crippen LogP contribution is 2.26. The molecular formula is C44H76O12S. The first-order chi connectivity index (χ1) is 27.6. The molecule has 0 saturated carbocycles. The molecular weight excluding hydrogens is 753 g/mol. The standard InChI is InChI=1S/C44H76O12S/c1-3-5-7-9-11-13-15-16-17-18-19-20-21-22-23-25-27-29-31-33-40(46)54-38(36-52-34-32-30-28-26-24-14-12-10-8-6-4-2)37-53-44-42(48)43(56-57(49,50)51)41(47)39(35-45)55-44/h5,7,11,13,16-17,19-20,22-23,38-39,41-45,47-48H,3-4,6,8-10,12,14-15,18,21,24-37H2,1-2H3,(H,49,50,51)/b7-5-,13-11-,17-16-,20-19-,23-22-. The lowest BCUT2D eigenvalue weighted by molar-refractivity contribution is -0.301. The zero-order valence-electron chi connectivity index (χ0n) is 34.9. The summed E-state index contributed by atoms with van der Waals surface area (Å²) in [5, 5.41) is 30.6. The number of esters is 1. The van der Waals surface area contributed by atoms with Crippen molar-refractivity contribution in [2.45, 2.75) is 185 Å². The molecule has 1 rings (SSSR count). The van der Waals surface area contributed by atoms with Crippen LogP contribution in [0.5, 0.6) is 0 Å². The summed E-state index contributed by atoms with van der Waals surface area (Å²) >= 11 is 0. The Kier molecular flexibility index (Phi) is 33.1. The third kappa shape index (κ3) is 29.6. The maximum absolute atomic E-state index is 12.8. The number of hydrogen-bond donors (Lipinski definition) is 4.